The van der Waals surface area contributed by atoms with Crippen molar-refractivity contribution in [2.75, 3.05) is 0 Å². The highest BCUT2D eigenvalue weighted by Crippen LogP contribution is 2.29. The molecule has 2 aromatic carbocycles. The minimum Gasteiger partial charge on any atom is -0.423 e. The molecular weight excluding hydrogens is 382 g/mol. The molecule has 3 aromatic heterocycles. The van der Waals surface area contributed by atoms with E-state index in [0.717, 1.165) is 39.3 Å². The van der Waals surface area contributed by atoms with Crippen LogP contribution in [0, 0.1) is 6.92 Å². The molecule has 0 aliphatic rings. The highest BCUT2D eigenvalue weighted by molar-refractivity contribution is 7.98. The van der Waals surface area contributed by atoms with Gasteiger partial charge in [0, 0.05) is 22.6 Å². The molecule has 0 amide bonds. The average Bonchev–Trinajstić information content (AvgIpc) is 3.14. The summed E-state index contributed by atoms with van der Waals surface area (Å²) in [5.74, 6) is 0.608. The summed E-state index contributed by atoms with van der Waals surface area (Å²) in [6, 6.07) is 18.0. The van der Waals surface area contributed by atoms with Crippen molar-refractivity contribution in [3.05, 3.63) is 81.7 Å². The van der Waals surface area contributed by atoms with Gasteiger partial charge in [0.15, 0.2) is 10.8 Å². The maximum absolute atomic E-state index is 12.1. The molecule has 5 rings (SSSR count). The highest BCUT2D eigenvalue weighted by Gasteiger charge is 2.13. The molecule has 29 heavy (non-hydrogen) atoms. The van der Waals surface area contributed by atoms with Crippen LogP contribution < -0.4 is 5.63 Å². The molecule has 0 radical (unpaired) electrons. The molecule has 0 bridgehead atoms. The van der Waals surface area contributed by atoms with E-state index >= 15 is 0 Å². The first-order chi connectivity index (χ1) is 14.1. The molecule has 0 spiro atoms. The van der Waals surface area contributed by atoms with Crippen molar-refractivity contribution in [1.82, 2.24) is 14.6 Å². The van der Waals surface area contributed by atoms with Gasteiger partial charge in [-0.15, -0.1) is 10.2 Å². The Kier molecular flexibility index (Phi) is 4.36. The molecule has 0 fully saturated rings. The molecule has 0 saturated heterocycles. The molecule has 0 N–H and O–H groups in total. The molecular formula is C23H19N3O2S. The van der Waals surface area contributed by atoms with E-state index in [0.29, 0.717) is 11.3 Å². The standard InChI is InChI=1S/C23H19N3O2S/c1-3-15-8-9-18-16(12-22(27)28-20(18)11-15)13-29-23-25-24-21-10-14(2)17-6-4-5-7-19(17)26(21)23/h4-12H,3,13H2,1-2H3. The zero-order valence-electron chi connectivity index (χ0n) is 16.2. The highest BCUT2D eigenvalue weighted by atomic mass is 32.2. The molecule has 5 nitrogen and oxygen atoms in total. The van der Waals surface area contributed by atoms with Crippen molar-refractivity contribution in [3.63, 3.8) is 0 Å². The van der Waals surface area contributed by atoms with Gasteiger partial charge < -0.3 is 4.42 Å². The van der Waals surface area contributed by atoms with E-state index in [9.17, 15) is 4.79 Å². The Balaban J connectivity index is 1.58. The van der Waals surface area contributed by atoms with Crippen LogP contribution in [0.15, 0.2) is 69.0 Å². The van der Waals surface area contributed by atoms with Gasteiger partial charge in [-0.3, -0.25) is 4.40 Å². The summed E-state index contributed by atoms with van der Waals surface area (Å²) in [6.45, 7) is 4.17. The van der Waals surface area contributed by atoms with Crippen molar-refractivity contribution in [1.29, 1.82) is 0 Å². The first kappa shape index (κ1) is 17.9. The van der Waals surface area contributed by atoms with Gasteiger partial charge in [0.1, 0.15) is 5.58 Å². The molecule has 0 aliphatic heterocycles. The summed E-state index contributed by atoms with van der Waals surface area (Å²) < 4.78 is 7.50. The molecule has 0 unspecified atom stereocenters. The van der Waals surface area contributed by atoms with Gasteiger partial charge in [-0.05, 0) is 48.2 Å². The van der Waals surface area contributed by atoms with Crippen LogP contribution in [-0.2, 0) is 12.2 Å². The van der Waals surface area contributed by atoms with E-state index in [-0.39, 0.29) is 5.63 Å². The lowest BCUT2D eigenvalue weighted by molar-refractivity contribution is 0.559. The third kappa shape index (κ3) is 3.09. The predicted molar refractivity (Wildman–Crippen MR) is 117 cm³/mol. The number of hydrogen-bond acceptors (Lipinski definition) is 5. The van der Waals surface area contributed by atoms with Gasteiger partial charge in [0.05, 0.1) is 5.52 Å². The Morgan fingerprint density at radius 2 is 1.90 bits per heavy atom. The van der Waals surface area contributed by atoms with Gasteiger partial charge in [-0.25, -0.2) is 4.79 Å². The fourth-order valence-corrected chi connectivity index (χ4v) is 4.67. The van der Waals surface area contributed by atoms with Crippen molar-refractivity contribution in [2.45, 2.75) is 31.2 Å². The number of thioether (sulfide) groups is 1. The van der Waals surface area contributed by atoms with Crippen molar-refractivity contribution in [2.24, 2.45) is 0 Å². The molecule has 144 valence electrons. The smallest absolute Gasteiger partial charge is 0.336 e. The van der Waals surface area contributed by atoms with Gasteiger partial charge in [-0.2, -0.15) is 0 Å². The van der Waals surface area contributed by atoms with Gasteiger partial charge in [-0.1, -0.05) is 49.0 Å². The summed E-state index contributed by atoms with van der Waals surface area (Å²) in [7, 11) is 0. The fraction of sp³-hybridized carbons (Fsp3) is 0.174. The van der Waals surface area contributed by atoms with Crippen LogP contribution in [0.5, 0.6) is 0 Å². The maximum Gasteiger partial charge on any atom is 0.336 e. The number of nitrogens with zero attached hydrogens (tertiary/aromatic N) is 3. The summed E-state index contributed by atoms with van der Waals surface area (Å²) >= 11 is 1.57. The van der Waals surface area contributed by atoms with Gasteiger partial charge in [0.25, 0.3) is 0 Å². The van der Waals surface area contributed by atoms with E-state index in [1.54, 1.807) is 17.8 Å². The normalized spacial score (nSPS) is 11.7. The predicted octanol–water partition coefficient (Wildman–Crippen LogP) is 5.15. The SMILES string of the molecule is CCc1ccc2c(CSc3nnc4cc(C)c5ccccc5n34)cc(=O)oc2c1. The molecule has 5 aromatic rings. The topological polar surface area (TPSA) is 60.4 Å². The lowest BCUT2D eigenvalue weighted by Crippen LogP contribution is -2.01. The van der Waals surface area contributed by atoms with Gasteiger partial charge in [0.2, 0.25) is 0 Å². The monoisotopic (exact) mass is 401 g/mol. The average molecular weight is 401 g/mol. The van der Waals surface area contributed by atoms with Crippen LogP contribution in [0.2, 0.25) is 0 Å². The summed E-state index contributed by atoms with van der Waals surface area (Å²) in [5, 5.41) is 11.7. The molecule has 0 aliphatic carbocycles. The van der Waals surface area contributed by atoms with Crippen LogP contribution in [0.25, 0.3) is 27.5 Å². The first-order valence-electron chi connectivity index (χ1n) is 9.56. The van der Waals surface area contributed by atoms with E-state index in [2.05, 4.69) is 52.7 Å². The van der Waals surface area contributed by atoms with Gasteiger partial charge >= 0.3 is 5.63 Å². The third-order valence-corrected chi connectivity index (χ3v) is 6.21. The van der Waals surface area contributed by atoms with E-state index < -0.39 is 0 Å². The summed E-state index contributed by atoms with van der Waals surface area (Å²) in [4.78, 5) is 12.1. The van der Waals surface area contributed by atoms with Crippen LogP contribution in [0.1, 0.15) is 23.6 Å². The van der Waals surface area contributed by atoms with E-state index in [1.807, 2.05) is 24.3 Å². The Morgan fingerprint density at radius 1 is 1.03 bits per heavy atom. The summed E-state index contributed by atoms with van der Waals surface area (Å²) in [6.07, 6.45) is 0.900. The van der Waals surface area contributed by atoms with Crippen molar-refractivity contribution < 1.29 is 4.42 Å². The fourth-order valence-electron chi connectivity index (χ4n) is 3.72. The lowest BCUT2D eigenvalue weighted by Gasteiger charge is -2.08. The second-order valence-corrected chi connectivity index (χ2v) is 8.03. The number of benzene rings is 2. The van der Waals surface area contributed by atoms with E-state index in [1.165, 1.54) is 10.9 Å². The number of fused-ring (bicyclic) bond motifs is 4. The Bertz CT molecular complexity index is 1440. The minimum absolute atomic E-state index is 0.325. The van der Waals surface area contributed by atoms with Crippen LogP contribution in [-0.4, -0.2) is 14.6 Å². The second kappa shape index (κ2) is 7.04. The van der Waals surface area contributed by atoms with Crippen LogP contribution >= 0.6 is 11.8 Å². The molecule has 0 saturated carbocycles. The summed E-state index contributed by atoms with van der Waals surface area (Å²) in [5.41, 5.74) is 5.49. The maximum atomic E-state index is 12.1. The molecule has 6 heteroatoms. The number of hydrogen-bond donors (Lipinski definition) is 0. The zero-order chi connectivity index (χ0) is 20.0. The zero-order valence-corrected chi connectivity index (χ0v) is 17.0. The first-order valence-corrected chi connectivity index (χ1v) is 10.5. The Hall–Kier alpha value is -3.12. The Morgan fingerprint density at radius 3 is 2.76 bits per heavy atom. The van der Waals surface area contributed by atoms with Crippen molar-refractivity contribution >= 4 is 39.3 Å². The number of rotatable bonds is 4. The number of pyridine rings is 1. The van der Waals surface area contributed by atoms with Crippen molar-refractivity contribution in [3.8, 4) is 0 Å². The van der Waals surface area contributed by atoms with Crippen LogP contribution in [0.4, 0.5) is 0 Å². The lowest BCUT2D eigenvalue weighted by atomic mass is 10.1. The van der Waals surface area contributed by atoms with Crippen LogP contribution in [0.3, 0.4) is 0 Å². The number of para-hydroxylation sites is 1. The molecule has 3 heterocycles. The van der Waals surface area contributed by atoms with E-state index in [4.69, 9.17) is 4.42 Å². The largest absolute Gasteiger partial charge is 0.423 e. The Labute approximate surface area is 171 Å². The number of aryl methyl sites for hydroxylation is 2. The molecule has 0 atom stereocenters. The number of aromatic nitrogens is 3. The third-order valence-electron chi connectivity index (χ3n) is 5.23. The minimum atomic E-state index is -0.325. The quantitative estimate of drug-likeness (QED) is 0.308. The second-order valence-electron chi connectivity index (χ2n) is 7.08.